The summed E-state index contributed by atoms with van der Waals surface area (Å²) in [5.41, 5.74) is 6.59. The minimum Gasteiger partial charge on any atom is -0.325 e. The maximum absolute atomic E-state index is 10.9. The van der Waals surface area contributed by atoms with Crippen LogP contribution in [0.3, 0.4) is 0 Å². The van der Waals surface area contributed by atoms with Gasteiger partial charge >= 0.3 is 0 Å². The summed E-state index contributed by atoms with van der Waals surface area (Å²) in [5.74, 6) is 5.41. The lowest BCUT2D eigenvalue weighted by Crippen LogP contribution is -2.07. The van der Waals surface area contributed by atoms with E-state index in [1.165, 1.54) is 6.92 Å². The van der Waals surface area contributed by atoms with E-state index in [0.717, 1.165) is 0 Å². The number of hydrogen-bond donors (Lipinski definition) is 2. The Bertz CT molecular complexity index is 432. The Hall–Kier alpha value is -1.50. The van der Waals surface area contributed by atoms with E-state index in [1.807, 2.05) is 0 Å². The molecule has 0 aliphatic rings. The van der Waals surface area contributed by atoms with E-state index in [0.29, 0.717) is 16.3 Å². The summed E-state index contributed by atoms with van der Waals surface area (Å²) in [6, 6.07) is 5.10. The topological polar surface area (TPSA) is 55.1 Å². The molecule has 1 rings (SSSR count). The van der Waals surface area contributed by atoms with Gasteiger partial charge in [-0.05, 0) is 18.2 Å². The third-order valence-electron chi connectivity index (χ3n) is 1.62. The molecule has 0 heterocycles. The number of carbonyl (C=O) groups is 1. The van der Waals surface area contributed by atoms with Crippen LogP contribution in [0.1, 0.15) is 12.5 Å². The van der Waals surface area contributed by atoms with Crippen LogP contribution in [0, 0.1) is 11.8 Å². The number of rotatable bonds is 1. The van der Waals surface area contributed by atoms with Gasteiger partial charge in [0.05, 0.1) is 12.2 Å². The van der Waals surface area contributed by atoms with Gasteiger partial charge in [0.25, 0.3) is 0 Å². The van der Waals surface area contributed by atoms with Crippen molar-refractivity contribution in [2.45, 2.75) is 6.92 Å². The van der Waals surface area contributed by atoms with Crippen molar-refractivity contribution in [2.24, 2.45) is 5.73 Å². The average molecular weight is 223 g/mol. The van der Waals surface area contributed by atoms with E-state index in [9.17, 15) is 4.79 Å². The van der Waals surface area contributed by atoms with Gasteiger partial charge in [-0.1, -0.05) is 23.4 Å². The van der Waals surface area contributed by atoms with E-state index < -0.39 is 0 Å². The third-order valence-corrected chi connectivity index (χ3v) is 1.85. The van der Waals surface area contributed by atoms with Gasteiger partial charge in [0.2, 0.25) is 5.91 Å². The second-order valence-electron chi connectivity index (χ2n) is 2.88. The van der Waals surface area contributed by atoms with Gasteiger partial charge in [0.15, 0.2) is 0 Å². The lowest BCUT2D eigenvalue weighted by atomic mass is 10.2. The summed E-state index contributed by atoms with van der Waals surface area (Å²) < 4.78 is 0. The second kappa shape index (κ2) is 5.40. The van der Waals surface area contributed by atoms with E-state index in [4.69, 9.17) is 17.3 Å². The zero-order valence-corrected chi connectivity index (χ0v) is 9.06. The fourth-order valence-electron chi connectivity index (χ4n) is 1.06. The molecule has 0 atom stereocenters. The SMILES string of the molecule is CC(=O)Nc1ccc(Cl)cc1C#CCN. The van der Waals surface area contributed by atoms with Crippen LogP contribution in [0.25, 0.3) is 0 Å². The van der Waals surface area contributed by atoms with Gasteiger partial charge in [-0.3, -0.25) is 4.79 Å². The lowest BCUT2D eigenvalue weighted by Gasteiger charge is -2.05. The predicted octanol–water partition coefficient (Wildman–Crippen LogP) is 1.61. The molecular weight excluding hydrogens is 212 g/mol. The van der Waals surface area contributed by atoms with Crippen molar-refractivity contribution in [1.82, 2.24) is 0 Å². The van der Waals surface area contributed by atoms with Crippen LogP contribution in [-0.4, -0.2) is 12.5 Å². The average Bonchev–Trinajstić information content (AvgIpc) is 2.18. The number of nitrogens with two attached hydrogens (primary N) is 1. The van der Waals surface area contributed by atoms with Crippen molar-refractivity contribution in [3.05, 3.63) is 28.8 Å². The molecule has 1 amide bonds. The Kier molecular flexibility index (Phi) is 4.17. The molecule has 15 heavy (non-hydrogen) atoms. The Morgan fingerprint density at radius 2 is 2.33 bits per heavy atom. The molecule has 0 aliphatic carbocycles. The maximum atomic E-state index is 10.9. The van der Waals surface area contributed by atoms with Crippen molar-refractivity contribution in [3.8, 4) is 11.8 Å². The first kappa shape index (κ1) is 11.6. The minimum absolute atomic E-state index is 0.145. The van der Waals surface area contributed by atoms with Crippen LogP contribution in [0.5, 0.6) is 0 Å². The van der Waals surface area contributed by atoms with Crippen molar-refractivity contribution in [1.29, 1.82) is 0 Å². The maximum Gasteiger partial charge on any atom is 0.221 e. The third kappa shape index (κ3) is 3.62. The van der Waals surface area contributed by atoms with E-state index in [1.54, 1.807) is 18.2 Å². The Morgan fingerprint density at radius 1 is 1.60 bits per heavy atom. The van der Waals surface area contributed by atoms with Crippen LogP contribution in [0.4, 0.5) is 5.69 Å². The summed E-state index contributed by atoms with van der Waals surface area (Å²) in [6.45, 7) is 1.71. The summed E-state index contributed by atoms with van der Waals surface area (Å²) in [4.78, 5) is 10.9. The summed E-state index contributed by atoms with van der Waals surface area (Å²) in [6.07, 6.45) is 0. The van der Waals surface area contributed by atoms with Gasteiger partial charge in [0, 0.05) is 17.5 Å². The van der Waals surface area contributed by atoms with Gasteiger partial charge in [0.1, 0.15) is 0 Å². The Balaban J connectivity index is 3.08. The summed E-state index contributed by atoms with van der Waals surface area (Å²) in [5, 5.41) is 3.24. The van der Waals surface area contributed by atoms with E-state index >= 15 is 0 Å². The van der Waals surface area contributed by atoms with Crippen molar-refractivity contribution in [3.63, 3.8) is 0 Å². The lowest BCUT2D eigenvalue weighted by molar-refractivity contribution is -0.114. The zero-order chi connectivity index (χ0) is 11.3. The molecule has 3 N–H and O–H groups in total. The molecule has 0 spiro atoms. The molecule has 0 aliphatic heterocycles. The second-order valence-corrected chi connectivity index (χ2v) is 3.31. The van der Waals surface area contributed by atoms with Crippen LogP contribution in [0.15, 0.2) is 18.2 Å². The molecule has 1 aromatic rings. The quantitative estimate of drug-likeness (QED) is 0.710. The van der Waals surface area contributed by atoms with Gasteiger partial charge in [-0.15, -0.1) is 0 Å². The summed E-state index contributed by atoms with van der Waals surface area (Å²) in [7, 11) is 0. The smallest absolute Gasteiger partial charge is 0.221 e. The fraction of sp³-hybridized carbons (Fsp3) is 0.182. The molecule has 0 saturated carbocycles. The molecule has 78 valence electrons. The highest BCUT2D eigenvalue weighted by Gasteiger charge is 2.02. The highest BCUT2D eigenvalue weighted by molar-refractivity contribution is 6.30. The molecule has 0 saturated heterocycles. The number of anilines is 1. The number of nitrogens with one attached hydrogen (secondary N) is 1. The summed E-state index contributed by atoms with van der Waals surface area (Å²) >= 11 is 5.82. The monoisotopic (exact) mass is 222 g/mol. The first-order chi connectivity index (χ1) is 7.13. The van der Waals surface area contributed by atoms with Gasteiger partial charge in [-0.25, -0.2) is 0 Å². The fourth-order valence-corrected chi connectivity index (χ4v) is 1.24. The number of hydrogen-bond acceptors (Lipinski definition) is 2. The molecule has 4 heteroatoms. The number of amides is 1. The zero-order valence-electron chi connectivity index (χ0n) is 8.30. The highest BCUT2D eigenvalue weighted by Crippen LogP contribution is 2.19. The number of carbonyl (C=O) groups excluding carboxylic acids is 1. The number of benzene rings is 1. The molecule has 0 bridgehead atoms. The predicted molar refractivity (Wildman–Crippen MR) is 61.7 cm³/mol. The van der Waals surface area contributed by atoms with Crippen molar-refractivity contribution < 1.29 is 4.79 Å². The van der Waals surface area contributed by atoms with E-state index in [2.05, 4.69) is 17.2 Å². The standard InChI is InChI=1S/C11H11ClN2O/c1-8(15)14-11-5-4-10(12)7-9(11)3-2-6-13/h4-5,7H,6,13H2,1H3,(H,14,15). The van der Waals surface area contributed by atoms with Crippen molar-refractivity contribution in [2.75, 3.05) is 11.9 Å². The van der Waals surface area contributed by atoms with Crippen LogP contribution < -0.4 is 11.1 Å². The molecule has 0 unspecified atom stereocenters. The Morgan fingerprint density at radius 3 is 2.93 bits per heavy atom. The molecule has 0 radical (unpaired) electrons. The molecule has 3 nitrogen and oxygen atoms in total. The van der Waals surface area contributed by atoms with Crippen LogP contribution in [-0.2, 0) is 4.79 Å². The van der Waals surface area contributed by atoms with Crippen LogP contribution in [0.2, 0.25) is 5.02 Å². The molecule has 0 aromatic heterocycles. The van der Waals surface area contributed by atoms with Gasteiger partial charge in [-0.2, -0.15) is 0 Å². The highest BCUT2D eigenvalue weighted by atomic mass is 35.5. The molecular formula is C11H11ClN2O. The minimum atomic E-state index is -0.145. The number of halogens is 1. The van der Waals surface area contributed by atoms with Crippen LogP contribution >= 0.6 is 11.6 Å². The molecule has 0 fully saturated rings. The van der Waals surface area contributed by atoms with Gasteiger partial charge < -0.3 is 11.1 Å². The largest absolute Gasteiger partial charge is 0.325 e. The first-order valence-electron chi connectivity index (χ1n) is 4.39. The van der Waals surface area contributed by atoms with Crippen molar-refractivity contribution >= 4 is 23.2 Å². The van der Waals surface area contributed by atoms with E-state index in [-0.39, 0.29) is 12.5 Å². The first-order valence-corrected chi connectivity index (χ1v) is 4.77. The normalized spacial score (nSPS) is 9.00. The molecule has 1 aromatic carbocycles. The Labute approximate surface area is 93.6 Å².